The van der Waals surface area contributed by atoms with Crippen LogP contribution in [0.25, 0.3) is 0 Å². The number of hydrogen-bond donors (Lipinski definition) is 2. The van der Waals surface area contributed by atoms with Crippen molar-refractivity contribution in [2.45, 2.75) is 26.1 Å². The van der Waals surface area contributed by atoms with Crippen molar-refractivity contribution >= 4 is 23.2 Å². The normalized spacial score (nSPS) is 10.3. The van der Waals surface area contributed by atoms with Crippen molar-refractivity contribution in [3.05, 3.63) is 84.9 Å². The lowest BCUT2D eigenvalue weighted by Crippen LogP contribution is -2.38. The first-order valence-corrected chi connectivity index (χ1v) is 9.78. The highest BCUT2D eigenvalue weighted by Crippen LogP contribution is 2.19. The fraction of sp³-hybridized carbons (Fsp3) is 0.167. The lowest BCUT2D eigenvalue weighted by Gasteiger charge is -2.20. The molecule has 0 heterocycles. The standard InChI is InChI=1S/C24H24N2O4/c1-2-10-22(27)25-18-11-9-12-19(17-18)26-23(28)24(29-20-13-5-3-6-14-20)30-21-15-7-4-8-16-21/h3-9,11-17,24H,2,10H2,1H3,(H,25,27)(H,26,28). The molecule has 0 aliphatic heterocycles. The van der Waals surface area contributed by atoms with E-state index >= 15 is 0 Å². The van der Waals surface area contributed by atoms with Gasteiger partial charge in [-0.05, 0) is 48.9 Å². The highest BCUT2D eigenvalue weighted by molar-refractivity contribution is 5.95. The topological polar surface area (TPSA) is 76.7 Å². The fourth-order valence-electron chi connectivity index (χ4n) is 2.70. The first-order chi connectivity index (χ1) is 14.6. The van der Waals surface area contributed by atoms with E-state index in [4.69, 9.17) is 9.47 Å². The van der Waals surface area contributed by atoms with Crippen molar-refractivity contribution in [3.8, 4) is 11.5 Å². The first-order valence-electron chi connectivity index (χ1n) is 9.78. The van der Waals surface area contributed by atoms with Crippen LogP contribution in [-0.4, -0.2) is 18.1 Å². The third-order valence-corrected chi connectivity index (χ3v) is 4.08. The molecular weight excluding hydrogens is 380 g/mol. The van der Waals surface area contributed by atoms with Gasteiger partial charge in [-0.25, -0.2) is 0 Å². The molecule has 30 heavy (non-hydrogen) atoms. The van der Waals surface area contributed by atoms with Gasteiger partial charge in [-0.3, -0.25) is 9.59 Å². The molecule has 0 bridgehead atoms. The van der Waals surface area contributed by atoms with Crippen LogP contribution < -0.4 is 20.1 Å². The zero-order valence-electron chi connectivity index (χ0n) is 16.7. The van der Waals surface area contributed by atoms with E-state index in [-0.39, 0.29) is 5.91 Å². The van der Waals surface area contributed by atoms with Crippen molar-refractivity contribution in [2.24, 2.45) is 0 Å². The summed E-state index contributed by atoms with van der Waals surface area (Å²) in [6.45, 7) is 1.94. The fourth-order valence-corrected chi connectivity index (χ4v) is 2.70. The Morgan fingerprint density at radius 2 is 1.30 bits per heavy atom. The third-order valence-electron chi connectivity index (χ3n) is 4.08. The number of carbonyl (C=O) groups excluding carboxylic acids is 2. The predicted molar refractivity (Wildman–Crippen MR) is 117 cm³/mol. The van der Waals surface area contributed by atoms with E-state index < -0.39 is 12.2 Å². The number of amides is 2. The van der Waals surface area contributed by atoms with Crippen LogP contribution in [0.2, 0.25) is 0 Å². The minimum absolute atomic E-state index is 0.0707. The van der Waals surface area contributed by atoms with Crippen LogP contribution in [0.3, 0.4) is 0 Å². The molecule has 0 saturated carbocycles. The van der Waals surface area contributed by atoms with Crippen LogP contribution in [0, 0.1) is 0 Å². The van der Waals surface area contributed by atoms with E-state index in [1.54, 1.807) is 48.5 Å². The molecule has 0 aliphatic rings. The summed E-state index contributed by atoms with van der Waals surface area (Å²) in [6, 6.07) is 24.9. The van der Waals surface area contributed by atoms with Crippen molar-refractivity contribution in [1.29, 1.82) is 0 Å². The van der Waals surface area contributed by atoms with Crippen LogP contribution >= 0.6 is 0 Å². The van der Waals surface area contributed by atoms with Gasteiger partial charge in [-0.15, -0.1) is 0 Å². The molecule has 0 radical (unpaired) electrons. The molecule has 0 spiro atoms. The zero-order chi connectivity index (χ0) is 21.2. The summed E-state index contributed by atoms with van der Waals surface area (Å²) in [5.41, 5.74) is 1.13. The molecule has 2 N–H and O–H groups in total. The number of rotatable bonds is 9. The summed E-state index contributed by atoms with van der Waals surface area (Å²) in [5.74, 6) is 0.474. The molecule has 2 amide bonds. The van der Waals surface area contributed by atoms with Gasteiger partial charge < -0.3 is 20.1 Å². The first kappa shape index (κ1) is 20.9. The molecule has 3 aromatic rings. The minimum atomic E-state index is -1.20. The molecule has 0 fully saturated rings. The van der Waals surface area contributed by atoms with Gasteiger partial charge in [0.1, 0.15) is 11.5 Å². The highest BCUT2D eigenvalue weighted by atomic mass is 16.7. The zero-order valence-corrected chi connectivity index (χ0v) is 16.7. The molecule has 3 aromatic carbocycles. The predicted octanol–water partition coefficient (Wildman–Crippen LogP) is 4.85. The Hall–Kier alpha value is -3.80. The third kappa shape index (κ3) is 6.38. The van der Waals surface area contributed by atoms with Crippen LogP contribution in [0.1, 0.15) is 19.8 Å². The molecule has 0 unspecified atom stereocenters. The van der Waals surface area contributed by atoms with E-state index in [0.29, 0.717) is 29.3 Å². The van der Waals surface area contributed by atoms with Gasteiger partial charge in [0.2, 0.25) is 5.91 Å². The maximum Gasteiger partial charge on any atom is 0.321 e. The van der Waals surface area contributed by atoms with Crippen LogP contribution in [-0.2, 0) is 9.59 Å². The van der Waals surface area contributed by atoms with Crippen molar-refractivity contribution in [1.82, 2.24) is 0 Å². The average Bonchev–Trinajstić information content (AvgIpc) is 2.75. The monoisotopic (exact) mass is 404 g/mol. The van der Waals surface area contributed by atoms with Gasteiger partial charge in [0.15, 0.2) is 0 Å². The SMILES string of the molecule is CCCC(=O)Nc1cccc(NC(=O)C(Oc2ccccc2)Oc2ccccc2)c1. The molecule has 0 aromatic heterocycles. The van der Waals surface area contributed by atoms with E-state index in [1.165, 1.54) is 0 Å². The van der Waals surface area contributed by atoms with Crippen LogP contribution in [0.4, 0.5) is 11.4 Å². The number of carbonyl (C=O) groups is 2. The second-order valence-corrected chi connectivity index (χ2v) is 6.56. The Bertz CT molecular complexity index is 920. The lowest BCUT2D eigenvalue weighted by atomic mass is 10.2. The van der Waals surface area contributed by atoms with Gasteiger partial charge in [0.25, 0.3) is 0 Å². The van der Waals surface area contributed by atoms with Crippen molar-refractivity contribution < 1.29 is 19.1 Å². The second-order valence-electron chi connectivity index (χ2n) is 6.56. The number of ether oxygens (including phenoxy) is 2. The van der Waals surface area contributed by atoms with E-state index in [2.05, 4.69) is 10.6 Å². The Balaban J connectivity index is 1.73. The van der Waals surface area contributed by atoms with Gasteiger partial charge in [0, 0.05) is 17.8 Å². The average molecular weight is 404 g/mol. The molecule has 6 nitrogen and oxygen atoms in total. The number of anilines is 2. The number of hydrogen-bond acceptors (Lipinski definition) is 4. The van der Waals surface area contributed by atoms with Crippen LogP contribution in [0.15, 0.2) is 84.9 Å². The van der Waals surface area contributed by atoms with Crippen LogP contribution in [0.5, 0.6) is 11.5 Å². The lowest BCUT2D eigenvalue weighted by molar-refractivity contribution is -0.134. The van der Waals surface area contributed by atoms with Gasteiger partial charge in [-0.2, -0.15) is 0 Å². The molecule has 3 rings (SSSR count). The largest absolute Gasteiger partial charge is 0.446 e. The minimum Gasteiger partial charge on any atom is -0.446 e. The molecule has 0 saturated heterocycles. The maximum absolute atomic E-state index is 12.9. The number of nitrogens with one attached hydrogen (secondary N) is 2. The summed E-state index contributed by atoms with van der Waals surface area (Å²) in [6.07, 6.45) is -0.000320. The summed E-state index contributed by atoms with van der Waals surface area (Å²) in [5, 5.41) is 5.60. The molecule has 0 aliphatic carbocycles. The quantitative estimate of drug-likeness (QED) is 0.500. The maximum atomic E-state index is 12.9. The molecule has 154 valence electrons. The highest BCUT2D eigenvalue weighted by Gasteiger charge is 2.23. The summed E-state index contributed by atoms with van der Waals surface area (Å²) in [4.78, 5) is 24.7. The molecular formula is C24H24N2O4. The molecule has 0 atom stereocenters. The van der Waals surface area contributed by atoms with E-state index in [9.17, 15) is 9.59 Å². The Morgan fingerprint density at radius 1 is 0.767 bits per heavy atom. The van der Waals surface area contributed by atoms with Gasteiger partial charge >= 0.3 is 12.2 Å². The smallest absolute Gasteiger partial charge is 0.321 e. The second kappa shape index (κ2) is 10.7. The van der Waals surface area contributed by atoms with E-state index in [0.717, 1.165) is 6.42 Å². The summed E-state index contributed by atoms with van der Waals surface area (Å²) in [7, 11) is 0. The van der Waals surface area contributed by atoms with E-state index in [1.807, 2.05) is 43.3 Å². The van der Waals surface area contributed by atoms with Crippen molar-refractivity contribution in [2.75, 3.05) is 10.6 Å². The Labute approximate surface area is 175 Å². The van der Waals surface area contributed by atoms with Gasteiger partial charge in [0.05, 0.1) is 0 Å². The number of para-hydroxylation sites is 2. The summed E-state index contributed by atoms with van der Waals surface area (Å²) < 4.78 is 11.6. The van der Waals surface area contributed by atoms with Gasteiger partial charge in [-0.1, -0.05) is 49.4 Å². The Kier molecular flexibility index (Phi) is 7.44. The summed E-state index contributed by atoms with van der Waals surface area (Å²) >= 11 is 0. The van der Waals surface area contributed by atoms with Crippen molar-refractivity contribution in [3.63, 3.8) is 0 Å². The number of benzene rings is 3. The Morgan fingerprint density at radius 3 is 1.83 bits per heavy atom. The molecule has 6 heteroatoms.